The first kappa shape index (κ1) is 28.8. The van der Waals surface area contributed by atoms with Crippen molar-refractivity contribution in [3.05, 3.63) is 24.3 Å². The molecular formula is C28H40BrN3O6. The molecule has 10 heteroatoms. The Labute approximate surface area is 233 Å². The van der Waals surface area contributed by atoms with Crippen LogP contribution in [0.25, 0.3) is 0 Å². The van der Waals surface area contributed by atoms with Crippen LogP contribution in [0.5, 0.6) is 5.75 Å². The molecule has 3 heterocycles. The van der Waals surface area contributed by atoms with Crippen molar-refractivity contribution in [3.63, 3.8) is 0 Å². The van der Waals surface area contributed by atoms with Crippen LogP contribution in [-0.4, -0.2) is 76.6 Å². The first-order chi connectivity index (χ1) is 18.4. The van der Waals surface area contributed by atoms with Crippen LogP contribution < -0.4 is 15.4 Å². The Morgan fingerprint density at radius 3 is 2.55 bits per heavy atom. The first-order valence-electron chi connectivity index (χ1n) is 13.9. The van der Waals surface area contributed by atoms with E-state index < -0.39 is 29.6 Å². The van der Waals surface area contributed by atoms with Gasteiger partial charge in [0.2, 0.25) is 17.7 Å². The summed E-state index contributed by atoms with van der Waals surface area (Å²) >= 11 is 3.70. The number of amides is 3. The molecule has 3 saturated heterocycles. The summed E-state index contributed by atoms with van der Waals surface area (Å²) < 4.78 is 12.0. The van der Waals surface area contributed by atoms with Crippen LogP contribution in [0, 0.1) is 11.8 Å². The fourth-order valence-electron chi connectivity index (χ4n) is 6.23. The fourth-order valence-corrected chi connectivity index (χ4v) is 7.17. The van der Waals surface area contributed by atoms with Gasteiger partial charge in [0, 0.05) is 30.2 Å². The lowest BCUT2D eigenvalue weighted by atomic mass is 9.70. The Morgan fingerprint density at radius 1 is 1.13 bits per heavy atom. The van der Waals surface area contributed by atoms with E-state index in [1.54, 1.807) is 29.2 Å². The molecule has 3 amide bonds. The second-order valence-corrected chi connectivity index (χ2v) is 11.6. The lowest BCUT2D eigenvalue weighted by molar-refractivity contribution is -0.141. The number of likely N-dealkylation sites (tertiary alicyclic amines) is 1. The number of nitrogens with zero attached hydrogens (tertiary/aromatic N) is 1. The molecule has 3 unspecified atom stereocenters. The number of carbonyl (C=O) groups is 3. The topological polar surface area (TPSA) is 117 Å². The van der Waals surface area contributed by atoms with E-state index in [1.165, 1.54) is 0 Å². The summed E-state index contributed by atoms with van der Waals surface area (Å²) in [5.41, 5.74) is -0.431. The molecular weight excluding hydrogens is 554 g/mol. The Hall–Kier alpha value is -2.17. The standard InChI is InChI=1S/C28H40BrN3O6/c1-3-5-14-30-26(35)24-28-17-20(29)23(38-28)21(22(28)27(36)32(24)15-8-6-7-9-16-33)25(34)31-18-10-12-19(13-11-18)37-4-2/h10-13,20-24,33H,3-9,14-17H2,1-2H3,(H,30,35)(H,31,34)/t20?,21-,22+,23-,24?,28?/m1/s1. The third kappa shape index (κ3) is 5.58. The van der Waals surface area contributed by atoms with Crippen molar-refractivity contribution in [2.45, 2.75) is 81.4 Å². The third-order valence-corrected chi connectivity index (χ3v) is 8.75. The van der Waals surface area contributed by atoms with Gasteiger partial charge in [0.05, 0.1) is 24.5 Å². The molecule has 210 valence electrons. The van der Waals surface area contributed by atoms with E-state index in [1.807, 2.05) is 6.92 Å². The van der Waals surface area contributed by atoms with Crippen LogP contribution in [0.4, 0.5) is 5.69 Å². The molecule has 2 bridgehead atoms. The SMILES string of the molecule is CCCCNC(=O)C1N(CCCCCCO)C(=O)[C@@H]2[C@@H](C(=O)Nc3ccc(OCC)cc3)[C@@H]3OC12CC3Br. The minimum Gasteiger partial charge on any atom is -0.494 e. The molecule has 0 aliphatic carbocycles. The van der Waals surface area contributed by atoms with Gasteiger partial charge in [-0.1, -0.05) is 42.1 Å². The van der Waals surface area contributed by atoms with Gasteiger partial charge in [-0.15, -0.1) is 0 Å². The molecule has 9 nitrogen and oxygen atoms in total. The summed E-state index contributed by atoms with van der Waals surface area (Å²) in [6.45, 7) is 5.62. The summed E-state index contributed by atoms with van der Waals surface area (Å²) in [5, 5.41) is 15.1. The number of aliphatic hydroxyl groups is 1. The highest BCUT2D eigenvalue weighted by Crippen LogP contribution is 2.60. The van der Waals surface area contributed by atoms with Gasteiger partial charge >= 0.3 is 0 Å². The zero-order valence-corrected chi connectivity index (χ0v) is 23.9. The van der Waals surface area contributed by atoms with Crippen molar-refractivity contribution in [3.8, 4) is 5.75 Å². The number of rotatable bonds is 14. The van der Waals surface area contributed by atoms with E-state index in [0.717, 1.165) is 32.1 Å². The molecule has 1 aromatic carbocycles. The van der Waals surface area contributed by atoms with Crippen molar-refractivity contribution in [2.75, 3.05) is 31.6 Å². The van der Waals surface area contributed by atoms with Gasteiger partial charge in [0.25, 0.3) is 0 Å². The number of alkyl halides is 1. The van der Waals surface area contributed by atoms with Crippen molar-refractivity contribution >= 4 is 39.3 Å². The van der Waals surface area contributed by atoms with E-state index in [-0.39, 0.29) is 29.2 Å². The molecule has 0 saturated carbocycles. The predicted octanol–water partition coefficient (Wildman–Crippen LogP) is 3.24. The van der Waals surface area contributed by atoms with Crippen LogP contribution in [0.15, 0.2) is 24.3 Å². The maximum atomic E-state index is 13.9. The summed E-state index contributed by atoms with van der Waals surface area (Å²) in [7, 11) is 0. The summed E-state index contributed by atoms with van der Waals surface area (Å²) in [6, 6.07) is 6.36. The fraction of sp³-hybridized carbons (Fsp3) is 0.679. The molecule has 38 heavy (non-hydrogen) atoms. The summed E-state index contributed by atoms with van der Waals surface area (Å²) in [6.07, 6.45) is 4.93. The average molecular weight is 595 g/mol. The molecule has 3 aliphatic heterocycles. The molecule has 3 aliphatic rings. The predicted molar refractivity (Wildman–Crippen MR) is 147 cm³/mol. The second-order valence-electron chi connectivity index (χ2n) is 10.4. The summed E-state index contributed by atoms with van der Waals surface area (Å²) in [4.78, 5) is 42.6. The highest BCUT2D eigenvalue weighted by Gasteiger charge is 2.76. The number of unbranched alkanes of at least 4 members (excludes halogenated alkanes) is 4. The highest BCUT2D eigenvalue weighted by molar-refractivity contribution is 9.09. The summed E-state index contributed by atoms with van der Waals surface area (Å²) in [5.74, 6) is -1.39. The van der Waals surface area contributed by atoms with Crippen LogP contribution >= 0.6 is 15.9 Å². The minimum absolute atomic E-state index is 0.141. The molecule has 3 N–H and O–H groups in total. The highest BCUT2D eigenvalue weighted by atomic mass is 79.9. The van der Waals surface area contributed by atoms with Crippen LogP contribution in [0.3, 0.4) is 0 Å². The van der Waals surface area contributed by atoms with E-state index in [4.69, 9.17) is 14.6 Å². The largest absolute Gasteiger partial charge is 0.494 e. The Balaban J connectivity index is 1.57. The molecule has 1 aromatic rings. The van der Waals surface area contributed by atoms with Gasteiger partial charge in [-0.25, -0.2) is 0 Å². The maximum Gasteiger partial charge on any atom is 0.245 e. The molecule has 0 aromatic heterocycles. The van der Waals surface area contributed by atoms with E-state index >= 15 is 0 Å². The number of benzene rings is 1. The number of anilines is 1. The number of nitrogens with one attached hydrogen (secondary N) is 2. The van der Waals surface area contributed by atoms with Crippen LogP contribution in [-0.2, 0) is 19.1 Å². The van der Waals surface area contributed by atoms with Crippen LogP contribution in [0.2, 0.25) is 0 Å². The van der Waals surface area contributed by atoms with Gasteiger partial charge in [-0.3, -0.25) is 14.4 Å². The minimum atomic E-state index is -1.04. The normalized spacial score (nSPS) is 29.4. The molecule has 0 radical (unpaired) electrons. The maximum absolute atomic E-state index is 13.9. The number of ether oxygens (including phenoxy) is 2. The van der Waals surface area contributed by atoms with Crippen molar-refractivity contribution in [2.24, 2.45) is 11.8 Å². The van der Waals surface area contributed by atoms with Crippen molar-refractivity contribution in [1.82, 2.24) is 10.2 Å². The monoisotopic (exact) mass is 593 g/mol. The van der Waals surface area contributed by atoms with Gasteiger partial charge in [-0.05, 0) is 56.9 Å². The van der Waals surface area contributed by atoms with E-state index in [0.29, 0.717) is 44.0 Å². The van der Waals surface area contributed by atoms with Crippen LogP contribution in [0.1, 0.15) is 58.8 Å². The zero-order valence-electron chi connectivity index (χ0n) is 22.3. The van der Waals surface area contributed by atoms with Gasteiger partial charge in [0.1, 0.15) is 17.4 Å². The van der Waals surface area contributed by atoms with Gasteiger partial charge in [0.15, 0.2) is 0 Å². The number of aliphatic hydroxyl groups excluding tert-OH is 1. The van der Waals surface area contributed by atoms with Crippen molar-refractivity contribution < 1.29 is 29.0 Å². The smallest absolute Gasteiger partial charge is 0.245 e. The lowest BCUT2D eigenvalue weighted by Gasteiger charge is -2.34. The van der Waals surface area contributed by atoms with Gasteiger partial charge < -0.3 is 30.1 Å². The van der Waals surface area contributed by atoms with Crippen molar-refractivity contribution in [1.29, 1.82) is 0 Å². The number of carbonyl (C=O) groups excluding carboxylic acids is 3. The number of hydrogen-bond acceptors (Lipinski definition) is 6. The van der Waals surface area contributed by atoms with E-state index in [2.05, 4.69) is 33.5 Å². The molecule has 3 fully saturated rings. The van der Waals surface area contributed by atoms with E-state index in [9.17, 15) is 14.4 Å². The second kappa shape index (κ2) is 12.8. The number of hydrogen-bond donors (Lipinski definition) is 3. The zero-order chi connectivity index (χ0) is 27.3. The Morgan fingerprint density at radius 2 is 1.87 bits per heavy atom. The quantitative estimate of drug-likeness (QED) is 0.225. The first-order valence-corrected chi connectivity index (χ1v) is 14.8. The third-order valence-electron chi connectivity index (χ3n) is 7.91. The number of fused-ring (bicyclic) bond motifs is 1. The lowest BCUT2D eigenvalue weighted by Crippen LogP contribution is -2.56. The molecule has 1 spiro atoms. The molecule has 6 atom stereocenters. The number of halogens is 1. The average Bonchev–Trinajstić information content (AvgIpc) is 3.49. The Bertz CT molecular complexity index is 991. The van der Waals surface area contributed by atoms with Gasteiger partial charge in [-0.2, -0.15) is 0 Å². The Kier molecular flexibility index (Phi) is 9.70. The molecule has 4 rings (SSSR count).